The third-order valence-electron chi connectivity index (χ3n) is 5.38. The Morgan fingerprint density at radius 3 is 2.62 bits per heavy atom. The van der Waals surface area contributed by atoms with Crippen LogP contribution in [0.15, 0.2) is 24.5 Å². The van der Waals surface area contributed by atoms with Crippen molar-refractivity contribution in [2.75, 3.05) is 13.1 Å². The van der Waals surface area contributed by atoms with Gasteiger partial charge in [-0.05, 0) is 36.5 Å². The predicted molar refractivity (Wildman–Crippen MR) is 87.1 cm³/mol. The molecule has 1 aromatic heterocycles. The third-order valence-corrected chi connectivity index (χ3v) is 5.38. The van der Waals surface area contributed by atoms with Gasteiger partial charge in [-0.2, -0.15) is 0 Å². The fraction of sp³-hybridized carbons (Fsp3) is 0.722. The Bertz CT molecular complexity index is 437. The van der Waals surface area contributed by atoms with Crippen molar-refractivity contribution in [3.05, 3.63) is 30.1 Å². The summed E-state index contributed by atoms with van der Waals surface area (Å²) in [6, 6.07) is 4.96. The highest BCUT2D eigenvalue weighted by atomic mass is 15.3. The Hall–Kier alpha value is -0.930. The van der Waals surface area contributed by atoms with Crippen LogP contribution in [0.5, 0.6) is 0 Å². The number of hydrogen-bond donors (Lipinski definition) is 1. The summed E-state index contributed by atoms with van der Waals surface area (Å²) in [6.07, 6.45) is 10.7. The summed E-state index contributed by atoms with van der Waals surface area (Å²) in [5.41, 5.74) is 1.78. The van der Waals surface area contributed by atoms with Gasteiger partial charge in [-0.25, -0.2) is 0 Å². The lowest BCUT2D eigenvalue weighted by Gasteiger charge is -2.51. The van der Waals surface area contributed by atoms with Crippen LogP contribution in [0.1, 0.15) is 51.5 Å². The van der Waals surface area contributed by atoms with E-state index in [1.807, 2.05) is 12.4 Å². The van der Waals surface area contributed by atoms with Gasteiger partial charge in [-0.1, -0.05) is 33.1 Å². The average molecular weight is 287 g/mol. The fourth-order valence-corrected chi connectivity index (χ4v) is 4.13. The zero-order chi connectivity index (χ0) is 14.7. The first kappa shape index (κ1) is 15.0. The Balaban J connectivity index is 1.75. The van der Waals surface area contributed by atoms with Gasteiger partial charge in [-0.3, -0.25) is 9.88 Å². The Morgan fingerprint density at radius 2 is 1.95 bits per heavy atom. The molecule has 3 heteroatoms. The van der Waals surface area contributed by atoms with E-state index < -0.39 is 0 Å². The molecule has 1 N–H and O–H groups in total. The molecule has 1 saturated heterocycles. The summed E-state index contributed by atoms with van der Waals surface area (Å²) < 4.78 is 0. The van der Waals surface area contributed by atoms with Gasteiger partial charge < -0.3 is 5.32 Å². The maximum absolute atomic E-state index is 4.15. The van der Waals surface area contributed by atoms with Crippen molar-refractivity contribution in [1.82, 2.24) is 15.2 Å². The van der Waals surface area contributed by atoms with Crippen LogP contribution in [0.25, 0.3) is 0 Å². The summed E-state index contributed by atoms with van der Waals surface area (Å²) in [5.74, 6) is 0.695. The van der Waals surface area contributed by atoms with Crippen LogP contribution in [0.2, 0.25) is 0 Å². The lowest BCUT2D eigenvalue weighted by Crippen LogP contribution is -2.65. The molecule has 0 aromatic carbocycles. The van der Waals surface area contributed by atoms with Gasteiger partial charge in [-0.15, -0.1) is 0 Å². The third kappa shape index (κ3) is 3.46. The maximum atomic E-state index is 4.15. The van der Waals surface area contributed by atoms with Crippen molar-refractivity contribution >= 4 is 0 Å². The van der Waals surface area contributed by atoms with E-state index in [1.54, 1.807) is 0 Å². The van der Waals surface area contributed by atoms with E-state index in [-0.39, 0.29) is 0 Å². The molecule has 0 bridgehead atoms. The first-order valence-electron chi connectivity index (χ1n) is 8.57. The van der Waals surface area contributed by atoms with Crippen molar-refractivity contribution < 1.29 is 0 Å². The highest BCUT2D eigenvalue weighted by Crippen LogP contribution is 2.33. The highest BCUT2D eigenvalue weighted by molar-refractivity contribution is 5.11. The lowest BCUT2D eigenvalue weighted by atomic mass is 9.78. The molecule has 21 heavy (non-hydrogen) atoms. The van der Waals surface area contributed by atoms with Gasteiger partial charge in [0.15, 0.2) is 0 Å². The zero-order valence-electron chi connectivity index (χ0n) is 13.5. The minimum atomic E-state index is 0.386. The lowest BCUT2D eigenvalue weighted by molar-refractivity contribution is 0.0309. The minimum absolute atomic E-state index is 0.386. The number of hydrogen-bond acceptors (Lipinski definition) is 3. The molecule has 1 aliphatic carbocycles. The molecule has 116 valence electrons. The number of nitrogens with one attached hydrogen (secondary N) is 1. The molecule has 1 spiro atoms. The van der Waals surface area contributed by atoms with Crippen LogP contribution in [0, 0.1) is 5.92 Å². The highest BCUT2D eigenvalue weighted by Gasteiger charge is 2.40. The second-order valence-corrected chi connectivity index (χ2v) is 7.29. The molecule has 2 fully saturated rings. The van der Waals surface area contributed by atoms with Crippen LogP contribution in [-0.2, 0) is 6.54 Å². The number of aromatic nitrogens is 1. The van der Waals surface area contributed by atoms with Gasteiger partial charge in [0.1, 0.15) is 0 Å². The van der Waals surface area contributed by atoms with E-state index in [2.05, 4.69) is 41.2 Å². The van der Waals surface area contributed by atoms with E-state index in [4.69, 9.17) is 0 Å². The molecule has 3 nitrogen and oxygen atoms in total. The maximum Gasteiger partial charge on any atom is 0.0309 e. The molecule has 1 aromatic rings. The topological polar surface area (TPSA) is 28.2 Å². The summed E-state index contributed by atoms with van der Waals surface area (Å²) >= 11 is 0. The van der Waals surface area contributed by atoms with E-state index in [9.17, 15) is 0 Å². The SMILES string of the molecule is CC(C)C1CNC2(CCCCC2)CN1Cc1ccncc1. The first-order chi connectivity index (χ1) is 10.2. The minimum Gasteiger partial charge on any atom is -0.308 e. The molecule has 0 radical (unpaired) electrons. The van der Waals surface area contributed by atoms with Crippen LogP contribution in [0.3, 0.4) is 0 Å². The molecule has 1 aliphatic heterocycles. The molecule has 1 saturated carbocycles. The van der Waals surface area contributed by atoms with Crippen molar-refractivity contribution in [3.63, 3.8) is 0 Å². The summed E-state index contributed by atoms with van der Waals surface area (Å²) in [4.78, 5) is 6.87. The second kappa shape index (κ2) is 6.45. The molecular weight excluding hydrogens is 258 g/mol. The Labute approximate surface area is 129 Å². The number of nitrogens with zero attached hydrogens (tertiary/aromatic N) is 2. The summed E-state index contributed by atoms with van der Waals surface area (Å²) in [7, 11) is 0. The van der Waals surface area contributed by atoms with Crippen LogP contribution in [0.4, 0.5) is 0 Å². The fourth-order valence-electron chi connectivity index (χ4n) is 4.13. The van der Waals surface area contributed by atoms with E-state index in [1.165, 1.54) is 44.2 Å². The van der Waals surface area contributed by atoms with Gasteiger partial charge >= 0.3 is 0 Å². The van der Waals surface area contributed by atoms with Crippen LogP contribution < -0.4 is 5.32 Å². The molecular formula is C18H29N3. The van der Waals surface area contributed by atoms with Crippen LogP contribution in [-0.4, -0.2) is 34.6 Å². The van der Waals surface area contributed by atoms with E-state index in [0.717, 1.165) is 13.1 Å². The molecule has 3 rings (SSSR count). The average Bonchev–Trinajstić information content (AvgIpc) is 2.49. The predicted octanol–water partition coefficient (Wildman–Crippen LogP) is 3.21. The summed E-state index contributed by atoms with van der Waals surface area (Å²) in [6.45, 7) is 8.12. The number of rotatable bonds is 3. The number of piperazine rings is 1. The molecule has 0 amide bonds. The Kier molecular flexibility index (Phi) is 4.60. The van der Waals surface area contributed by atoms with Crippen molar-refractivity contribution in [2.45, 2.75) is 64.1 Å². The second-order valence-electron chi connectivity index (χ2n) is 7.29. The van der Waals surface area contributed by atoms with Crippen molar-refractivity contribution in [2.24, 2.45) is 5.92 Å². The van der Waals surface area contributed by atoms with E-state index >= 15 is 0 Å². The quantitative estimate of drug-likeness (QED) is 0.925. The molecule has 1 unspecified atom stereocenters. The number of pyridine rings is 1. The smallest absolute Gasteiger partial charge is 0.0309 e. The molecule has 2 aliphatic rings. The monoisotopic (exact) mass is 287 g/mol. The summed E-state index contributed by atoms with van der Waals surface area (Å²) in [5, 5.41) is 3.93. The van der Waals surface area contributed by atoms with Gasteiger partial charge in [0.25, 0.3) is 0 Å². The van der Waals surface area contributed by atoms with Gasteiger partial charge in [0.2, 0.25) is 0 Å². The zero-order valence-corrected chi connectivity index (χ0v) is 13.5. The normalized spacial score (nSPS) is 26.3. The van der Waals surface area contributed by atoms with Gasteiger partial charge in [0.05, 0.1) is 0 Å². The molecule has 1 atom stereocenters. The van der Waals surface area contributed by atoms with Crippen LogP contribution >= 0.6 is 0 Å². The van der Waals surface area contributed by atoms with Crippen molar-refractivity contribution in [3.8, 4) is 0 Å². The van der Waals surface area contributed by atoms with Gasteiger partial charge in [0, 0.05) is 43.6 Å². The van der Waals surface area contributed by atoms with Crippen molar-refractivity contribution in [1.29, 1.82) is 0 Å². The van der Waals surface area contributed by atoms with E-state index in [0.29, 0.717) is 17.5 Å². The first-order valence-corrected chi connectivity index (χ1v) is 8.57. The largest absolute Gasteiger partial charge is 0.308 e. The standard InChI is InChI=1S/C18H29N3/c1-15(2)17-12-20-18(8-4-3-5-9-18)14-21(17)13-16-6-10-19-11-7-16/h6-7,10-11,15,17,20H,3-5,8-9,12-14H2,1-2H3. The molecule has 2 heterocycles. The Morgan fingerprint density at radius 1 is 1.24 bits per heavy atom.